The van der Waals surface area contributed by atoms with Gasteiger partial charge in [0.25, 0.3) is 15.7 Å². The van der Waals surface area contributed by atoms with E-state index in [1.807, 2.05) is 33.9 Å². The molecule has 1 spiro atoms. The largest absolute Gasteiger partial charge is 0.414 e. The number of rotatable bonds is 10. The second-order valence-corrected chi connectivity index (χ2v) is 25.7. The van der Waals surface area contributed by atoms with Gasteiger partial charge in [-0.1, -0.05) is 41.5 Å². The molecule has 0 aliphatic carbocycles. The standard InChI is InChI=1S/C28H51N3O9SSi2/c1-19-16-31(25(34)30(23(19)33)14-12-13-15-32)24-22(39-43(10,11)27(5,6)7)28(20(29)18-41(35,36)40-28)21(38-24)17-37-42(8,9)26(2,3)4/h16,18,21-22,24,32H,12-15,17,29H2,1-11H3/t21-,22+,24-,28?/m1/s1. The normalized spacial score (nSPS) is 26.3. The maximum atomic E-state index is 13.9. The van der Waals surface area contributed by atoms with Crippen LogP contribution in [0.4, 0.5) is 0 Å². The summed E-state index contributed by atoms with van der Waals surface area (Å²) in [6, 6.07) is 0. The van der Waals surface area contributed by atoms with E-state index >= 15 is 0 Å². The summed E-state index contributed by atoms with van der Waals surface area (Å²) in [5, 5.41) is 9.67. The van der Waals surface area contributed by atoms with Crippen molar-refractivity contribution in [2.75, 3.05) is 13.2 Å². The molecule has 1 aromatic rings. The first-order valence-corrected chi connectivity index (χ1v) is 22.0. The van der Waals surface area contributed by atoms with Crippen molar-refractivity contribution in [3.05, 3.63) is 43.7 Å². The van der Waals surface area contributed by atoms with E-state index in [4.69, 9.17) is 23.5 Å². The van der Waals surface area contributed by atoms with E-state index in [-0.39, 0.29) is 41.1 Å². The van der Waals surface area contributed by atoms with Gasteiger partial charge in [0.15, 0.2) is 28.5 Å². The number of hydrogen-bond donors (Lipinski definition) is 2. The number of nitrogens with two attached hydrogens (primary N) is 1. The zero-order valence-electron chi connectivity index (χ0n) is 27.5. The lowest BCUT2D eigenvalue weighted by molar-refractivity contribution is -0.0567. The van der Waals surface area contributed by atoms with Crippen LogP contribution in [0.15, 0.2) is 26.9 Å². The Hall–Kier alpha value is -1.60. The van der Waals surface area contributed by atoms with Gasteiger partial charge in [-0.05, 0) is 56.0 Å². The average molecular weight is 662 g/mol. The molecule has 15 heteroatoms. The van der Waals surface area contributed by atoms with Crippen molar-refractivity contribution < 1.29 is 31.3 Å². The van der Waals surface area contributed by atoms with Crippen LogP contribution in [0.25, 0.3) is 0 Å². The number of aromatic nitrogens is 2. The number of ether oxygens (including phenoxy) is 1. The summed E-state index contributed by atoms with van der Waals surface area (Å²) in [7, 11) is -9.28. The predicted octanol–water partition coefficient (Wildman–Crippen LogP) is 3.30. The van der Waals surface area contributed by atoms with Crippen LogP contribution < -0.4 is 17.0 Å². The molecule has 1 aromatic heterocycles. The summed E-state index contributed by atoms with van der Waals surface area (Å²) in [5.41, 5.74) is 3.81. The van der Waals surface area contributed by atoms with Gasteiger partial charge in [0.2, 0.25) is 0 Å². The van der Waals surface area contributed by atoms with Crippen LogP contribution in [0.1, 0.15) is 66.2 Å². The fraction of sp³-hybridized carbons (Fsp3) is 0.786. The van der Waals surface area contributed by atoms with E-state index in [0.717, 1.165) is 9.98 Å². The van der Waals surface area contributed by atoms with Crippen molar-refractivity contribution in [2.24, 2.45) is 5.73 Å². The molecule has 43 heavy (non-hydrogen) atoms. The van der Waals surface area contributed by atoms with Gasteiger partial charge in [0, 0.05) is 24.9 Å². The van der Waals surface area contributed by atoms with Crippen LogP contribution in [0.2, 0.25) is 36.3 Å². The van der Waals surface area contributed by atoms with Crippen molar-refractivity contribution in [3.63, 3.8) is 0 Å². The fourth-order valence-electron chi connectivity index (χ4n) is 4.73. The van der Waals surface area contributed by atoms with Crippen LogP contribution >= 0.6 is 0 Å². The van der Waals surface area contributed by atoms with Crippen molar-refractivity contribution >= 4 is 26.8 Å². The zero-order chi connectivity index (χ0) is 33.0. The second kappa shape index (κ2) is 12.0. The molecule has 0 radical (unpaired) electrons. The Kier molecular flexibility index (Phi) is 9.98. The van der Waals surface area contributed by atoms with E-state index in [2.05, 4.69) is 33.9 Å². The Bertz CT molecular complexity index is 1460. The fourth-order valence-corrected chi connectivity index (χ4v) is 8.24. The molecule has 4 atom stereocenters. The highest BCUT2D eigenvalue weighted by Crippen LogP contribution is 2.52. The molecular formula is C28H51N3O9SSi2. The second-order valence-electron chi connectivity index (χ2n) is 14.7. The quantitative estimate of drug-likeness (QED) is 0.216. The summed E-state index contributed by atoms with van der Waals surface area (Å²) in [5.74, 6) is 0. The van der Waals surface area contributed by atoms with E-state index in [0.29, 0.717) is 12.8 Å². The average Bonchev–Trinajstić information content (AvgIpc) is 3.27. The third-order valence-electron chi connectivity index (χ3n) is 9.50. The maximum Gasteiger partial charge on any atom is 0.333 e. The Morgan fingerprint density at radius 2 is 1.63 bits per heavy atom. The Balaban J connectivity index is 2.28. The first kappa shape index (κ1) is 35.9. The minimum Gasteiger partial charge on any atom is -0.414 e. The van der Waals surface area contributed by atoms with Crippen LogP contribution in [0.5, 0.6) is 0 Å². The van der Waals surface area contributed by atoms with Crippen molar-refractivity contribution in [3.8, 4) is 0 Å². The molecule has 246 valence electrons. The van der Waals surface area contributed by atoms with Gasteiger partial charge in [0.1, 0.15) is 12.2 Å². The van der Waals surface area contributed by atoms with Gasteiger partial charge in [-0.3, -0.25) is 13.9 Å². The highest BCUT2D eigenvalue weighted by atomic mass is 32.2. The number of hydrogen-bond acceptors (Lipinski definition) is 10. The van der Waals surface area contributed by atoms with Crippen molar-refractivity contribution in [1.29, 1.82) is 0 Å². The molecule has 0 aromatic carbocycles. The van der Waals surface area contributed by atoms with Gasteiger partial charge >= 0.3 is 5.69 Å². The van der Waals surface area contributed by atoms with E-state index < -0.39 is 62.0 Å². The molecule has 1 unspecified atom stereocenters. The summed E-state index contributed by atoms with van der Waals surface area (Å²) < 4.78 is 54.2. The molecule has 0 amide bonds. The number of nitrogens with zero attached hydrogens (tertiary/aromatic N) is 2. The molecule has 2 aliphatic rings. The molecule has 12 nitrogen and oxygen atoms in total. The molecule has 0 saturated carbocycles. The van der Waals surface area contributed by atoms with Gasteiger partial charge in [-0.25, -0.2) is 8.98 Å². The summed E-state index contributed by atoms with van der Waals surface area (Å²) in [6.07, 6.45) is -1.19. The van der Waals surface area contributed by atoms with Crippen molar-refractivity contribution in [2.45, 2.75) is 128 Å². The lowest BCUT2D eigenvalue weighted by Crippen LogP contribution is -2.59. The number of aliphatic hydroxyl groups excluding tert-OH is 1. The number of unbranched alkanes of at least 4 members (excludes halogenated alkanes) is 1. The first-order chi connectivity index (χ1) is 19.4. The number of aliphatic hydroxyl groups is 1. The number of aryl methyl sites for hydroxylation is 1. The predicted molar refractivity (Wildman–Crippen MR) is 170 cm³/mol. The summed E-state index contributed by atoms with van der Waals surface area (Å²) >= 11 is 0. The van der Waals surface area contributed by atoms with Gasteiger partial charge in [0.05, 0.1) is 17.7 Å². The maximum absolute atomic E-state index is 13.9. The minimum atomic E-state index is -4.22. The van der Waals surface area contributed by atoms with Crippen LogP contribution in [0.3, 0.4) is 0 Å². The van der Waals surface area contributed by atoms with Gasteiger partial charge < -0.3 is 24.4 Å². The Morgan fingerprint density at radius 3 is 2.12 bits per heavy atom. The van der Waals surface area contributed by atoms with E-state index in [1.165, 1.54) is 10.8 Å². The van der Waals surface area contributed by atoms with Crippen LogP contribution in [0, 0.1) is 6.92 Å². The SMILES string of the molecule is Cc1cn([C@@H]2O[C@H](CO[Si](C)(C)C(C)(C)C)C3(OS(=O)(=O)C=C3N)[C@H]2O[Si](C)(C)C(C)(C)C)c(=O)n(CCCCO)c1=O. The van der Waals surface area contributed by atoms with Gasteiger partial charge in [-0.15, -0.1) is 0 Å². The Labute approximate surface area is 257 Å². The lowest BCUT2D eigenvalue weighted by atomic mass is 9.89. The smallest absolute Gasteiger partial charge is 0.333 e. The molecule has 1 fully saturated rings. The summed E-state index contributed by atoms with van der Waals surface area (Å²) in [6.45, 7) is 22.1. The molecule has 3 N–H and O–H groups in total. The Morgan fingerprint density at radius 1 is 1.05 bits per heavy atom. The molecule has 0 bridgehead atoms. The topological polar surface area (TPSA) is 161 Å². The van der Waals surface area contributed by atoms with E-state index in [1.54, 1.807) is 6.92 Å². The zero-order valence-corrected chi connectivity index (χ0v) is 30.3. The highest BCUT2D eigenvalue weighted by molar-refractivity contribution is 7.90. The third-order valence-corrected chi connectivity index (χ3v) is 19.5. The molecule has 3 heterocycles. The molecule has 3 rings (SSSR count). The van der Waals surface area contributed by atoms with Crippen molar-refractivity contribution in [1.82, 2.24) is 9.13 Å². The third kappa shape index (κ3) is 6.83. The molecule has 2 aliphatic heterocycles. The van der Waals surface area contributed by atoms with E-state index in [9.17, 15) is 23.1 Å². The molecule has 1 saturated heterocycles. The molecular weight excluding hydrogens is 611 g/mol. The minimum absolute atomic E-state index is 0.0573. The van der Waals surface area contributed by atoms with Crippen LogP contribution in [-0.2, 0) is 34.4 Å². The lowest BCUT2D eigenvalue weighted by Gasteiger charge is -2.43. The summed E-state index contributed by atoms with van der Waals surface area (Å²) in [4.78, 5) is 26.9. The highest BCUT2D eigenvalue weighted by Gasteiger charge is 2.67. The monoisotopic (exact) mass is 661 g/mol. The van der Waals surface area contributed by atoms with Crippen LogP contribution in [-0.4, -0.2) is 70.3 Å². The first-order valence-electron chi connectivity index (χ1n) is 14.8. The van der Waals surface area contributed by atoms with Gasteiger partial charge in [-0.2, -0.15) is 8.42 Å².